The highest BCUT2D eigenvalue weighted by atomic mass is 32.2. The molecule has 1 saturated carbocycles. The molecule has 4 rings (SSSR count). The van der Waals surface area contributed by atoms with Crippen LogP contribution in [0.15, 0.2) is 47.4 Å². The molecule has 3 aromatic rings. The molecule has 1 atom stereocenters. The molecule has 0 radical (unpaired) electrons. The highest BCUT2D eigenvalue weighted by Crippen LogP contribution is 2.36. The monoisotopic (exact) mass is 540 g/mol. The van der Waals surface area contributed by atoms with Gasteiger partial charge in [0.25, 0.3) is 0 Å². The third-order valence-electron chi connectivity index (χ3n) is 6.70. The lowest BCUT2D eigenvalue weighted by molar-refractivity contribution is -0.122. The SMILES string of the molecule is CC[C@H](C)NS(=O)(=O)c1cc(NC(=O)C2CCC2)ccc1Oc1c(C)c(C(=O)O)nn1-c1ccc(C)cc1. The zero-order valence-corrected chi connectivity index (χ0v) is 22.6. The molecule has 1 aliphatic rings. The second-order valence-corrected chi connectivity index (χ2v) is 11.3. The van der Waals surface area contributed by atoms with Gasteiger partial charge in [-0.3, -0.25) is 4.79 Å². The molecular weight excluding hydrogens is 508 g/mol. The van der Waals surface area contributed by atoms with Crippen LogP contribution in [-0.2, 0) is 14.8 Å². The van der Waals surface area contributed by atoms with Crippen molar-refractivity contribution in [2.45, 2.75) is 64.3 Å². The number of benzene rings is 2. The van der Waals surface area contributed by atoms with Gasteiger partial charge < -0.3 is 15.2 Å². The fraction of sp³-hybridized carbons (Fsp3) is 0.370. The predicted molar refractivity (Wildman–Crippen MR) is 143 cm³/mol. The lowest BCUT2D eigenvalue weighted by Crippen LogP contribution is -2.32. The Labute approximate surface area is 222 Å². The van der Waals surface area contributed by atoms with Gasteiger partial charge in [-0.05, 0) is 70.4 Å². The molecule has 1 amide bonds. The first-order valence-electron chi connectivity index (χ1n) is 12.5. The molecule has 0 unspecified atom stereocenters. The van der Waals surface area contributed by atoms with Crippen LogP contribution in [0, 0.1) is 19.8 Å². The fourth-order valence-electron chi connectivity index (χ4n) is 3.98. The van der Waals surface area contributed by atoms with Gasteiger partial charge in [0.2, 0.25) is 21.8 Å². The molecule has 0 bridgehead atoms. The number of carbonyl (C=O) groups excluding carboxylic acids is 1. The number of aromatic carboxylic acids is 1. The number of anilines is 1. The Kier molecular flexibility index (Phi) is 7.89. The zero-order valence-electron chi connectivity index (χ0n) is 21.8. The maximum Gasteiger partial charge on any atom is 0.356 e. The molecule has 0 aliphatic heterocycles. The van der Waals surface area contributed by atoms with E-state index in [1.807, 2.05) is 26.0 Å². The van der Waals surface area contributed by atoms with Gasteiger partial charge in [-0.15, -0.1) is 0 Å². The van der Waals surface area contributed by atoms with E-state index in [1.54, 1.807) is 32.0 Å². The van der Waals surface area contributed by atoms with E-state index >= 15 is 0 Å². The van der Waals surface area contributed by atoms with Crippen molar-refractivity contribution in [1.29, 1.82) is 0 Å². The summed E-state index contributed by atoms with van der Waals surface area (Å²) in [6, 6.07) is 11.3. The second kappa shape index (κ2) is 11.0. The van der Waals surface area contributed by atoms with Crippen molar-refractivity contribution < 1.29 is 27.9 Å². The Morgan fingerprint density at radius 3 is 2.42 bits per heavy atom. The first-order chi connectivity index (χ1) is 18.0. The highest BCUT2D eigenvalue weighted by molar-refractivity contribution is 7.89. The number of nitrogens with one attached hydrogen (secondary N) is 2. The molecule has 10 nitrogen and oxygen atoms in total. The lowest BCUT2D eigenvalue weighted by Gasteiger charge is -2.24. The number of carbonyl (C=O) groups is 2. The summed E-state index contributed by atoms with van der Waals surface area (Å²) in [6.07, 6.45) is 3.17. The van der Waals surface area contributed by atoms with Crippen molar-refractivity contribution >= 4 is 27.6 Å². The second-order valence-electron chi connectivity index (χ2n) is 9.64. The molecule has 202 valence electrons. The van der Waals surface area contributed by atoms with Crippen molar-refractivity contribution in [1.82, 2.24) is 14.5 Å². The first kappa shape index (κ1) is 27.3. The molecule has 1 aliphatic carbocycles. The molecule has 2 aromatic carbocycles. The lowest BCUT2D eigenvalue weighted by atomic mass is 9.85. The summed E-state index contributed by atoms with van der Waals surface area (Å²) in [6.45, 7) is 7.08. The number of carboxylic acid groups (broad SMARTS) is 1. The van der Waals surface area contributed by atoms with Crippen LogP contribution in [0.2, 0.25) is 0 Å². The molecule has 1 aromatic heterocycles. The third-order valence-corrected chi connectivity index (χ3v) is 8.31. The number of hydrogen-bond acceptors (Lipinski definition) is 6. The number of nitrogens with zero attached hydrogens (tertiary/aromatic N) is 2. The van der Waals surface area contributed by atoms with E-state index in [0.717, 1.165) is 24.8 Å². The minimum atomic E-state index is -4.07. The molecule has 11 heteroatoms. The van der Waals surface area contributed by atoms with Crippen LogP contribution in [0.5, 0.6) is 11.6 Å². The number of rotatable bonds is 10. The third kappa shape index (κ3) is 5.73. The molecule has 1 heterocycles. The van der Waals surface area contributed by atoms with Crippen molar-refractivity contribution in [3.05, 3.63) is 59.3 Å². The van der Waals surface area contributed by atoms with Gasteiger partial charge in [0, 0.05) is 23.2 Å². The van der Waals surface area contributed by atoms with E-state index in [-0.39, 0.29) is 45.6 Å². The topological polar surface area (TPSA) is 140 Å². The van der Waals surface area contributed by atoms with E-state index < -0.39 is 16.0 Å². The van der Waals surface area contributed by atoms with Gasteiger partial charge >= 0.3 is 5.97 Å². The Morgan fingerprint density at radius 1 is 1.16 bits per heavy atom. The van der Waals surface area contributed by atoms with Crippen LogP contribution >= 0.6 is 0 Å². The van der Waals surface area contributed by atoms with Crippen LogP contribution in [0.4, 0.5) is 5.69 Å². The van der Waals surface area contributed by atoms with E-state index in [1.165, 1.54) is 16.8 Å². The highest BCUT2D eigenvalue weighted by Gasteiger charge is 2.29. The first-order valence-corrected chi connectivity index (χ1v) is 14.0. The molecule has 3 N–H and O–H groups in total. The minimum absolute atomic E-state index is 0.0317. The Bertz CT molecular complexity index is 1460. The number of sulfonamides is 1. The van der Waals surface area contributed by atoms with Gasteiger partial charge in [0.1, 0.15) is 10.6 Å². The standard InChI is InChI=1S/C27H32N4O6S/c1-5-17(3)30-38(35,36)23-15-20(28-25(32)19-7-6-8-19)11-14-22(23)37-26-18(4)24(27(33)34)29-31(26)21-12-9-16(2)10-13-21/h9-15,17,19,30H,5-8H2,1-4H3,(H,28,32)(H,33,34)/t17-/m0/s1. The van der Waals surface area contributed by atoms with Crippen molar-refractivity contribution in [2.24, 2.45) is 5.92 Å². The Morgan fingerprint density at radius 2 is 1.84 bits per heavy atom. The van der Waals surface area contributed by atoms with Crippen molar-refractivity contribution in [3.8, 4) is 17.3 Å². The summed E-state index contributed by atoms with van der Waals surface area (Å²) >= 11 is 0. The van der Waals surface area contributed by atoms with Gasteiger partial charge in [-0.25, -0.2) is 17.9 Å². The number of carboxylic acids is 1. The number of ether oxygens (including phenoxy) is 1. The predicted octanol–water partition coefficient (Wildman–Crippen LogP) is 4.80. The maximum absolute atomic E-state index is 13.4. The number of hydrogen-bond donors (Lipinski definition) is 3. The molecule has 1 fully saturated rings. The quantitative estimate of drug-likeness (QED) is 0.336. The van der Waals surface area contributed by atoms with Gasteiger partial charge in [0.05, 0.1) is 5.69 Å². The summed E-state index contributed by atoms with van der Waals surface area (Å²) in [7, 11) is -4.07. The summed E-state index contributed by atoms with van der Waals surface area (Å²) in [5.74, 6) is -1.43. The zero-order chi connectivity index (χ0) is 27.6. The van der Waals surface area contributed by atoms with Crippen molar-refractivity contribution in [3.63, 3.8) is 0 Å². The summed E-state index contributed by atoms with van der Waals surface area (Å²) in [5.41, 5.74) is 1.90. The van der Waals surface area contributed by atoms with Crippen LogP contribution in [0.3, 0.4) is 0 Å². The minimum Gasteiger partial charge on any atom is -0.476 e. The van der Waals surface area contributed by atoms with Crippen LogP contribution < -0.4 is 14.8 Å². The molecule has 0 saturated heterocycles. The van der Waals surface area contributed by atoms with E-state index in [4.69, 9.17) is 4.74 Å². The van der Waals surface area contributed by atoms with Crippen molar-refractivity contribution in [2.75, 3.05) is 5.32 Å². The molecule has 38 heavy (non-hydrogen) atoms. The van der Waals surface area contributed by atoms with Gasteiger partial charge in [-0.2, -0.15) is 9.78 Å². The Hall–Kier alpha value is -3.70. The number of aromatic nitrogens is 2. The largest absolute Gasteiger partial charge is 0.476 e. The van der Waals surface area contributed by atoms with Gasteiger partial charge in [0.15, 0.2) is 5.69 Å². The maximum atomic E-state index is 13.4. The smallest absolute Gasteiger partial charge is 0.356 e. The molecular formula is C27H32N4O6S. The average molecular weight is 541 g/mol. The van der Waals surface area contributed by atoms with Gasteiger partial charge in [-0.1, -0.05) is 31.0 Å². The summed E-state index contributed by atoms with van der Waals surface area (Å²) < 4.78 is 36.9. The normalized spacial score (nSPS) is 14.5. The van der Waals surface area contributed by atoms with E-state index in [0.29, 0.717) is 17.8 Å². The summed E-state index contributed by atoms with van der Waals surface area (Å²) in [5, 5.41) is 16.7. The number of amides is 1. The Balaban J connectivity index is 1.80. The average Bonchev–Trinajstić information content (AvgIpc) is 3.15. The fourth-order valence-corrected chi connectivity index (χ4v) is 5.46. The van der Waals surface area contributed by atoms with E-state index in [9.17, 15) is 23.1 Å². The van der Waals surface area contributed by atoms with Crippen LogP contribution in [0.25, 0.3) is 5.69 Å². The van der Waals surface area contributed by atoms with Crippen LogP contribution in [-0.4, -0.2) is 41.2 Å². The molecule has 0 spiro atoms. The summed E-state index contributed by atoms with van der Waals surface area (Å²) in [4.78, 5) is 24.2. The van der Waals surface area contributed by atoms with E-state index in [2.05, 4.69) is 15.1 Å². The number of aryl methyl sites for hydroxylation is 1. The van der Waals surface area contributed by atoms with Crippen LogP contribution in [0.1, 0.15) is 61.1 Å².